The van der Waals surface area contributed by atoms with E-state index in [1.165, 1.54) is 11.1 Å². The highest BCUT2D eigenvalue weighted by Crippen LogP contribution is 2.27. The van der Waals surface area contributed by atoms with Crippen LogP contribution in [0.3, 0.4) is 0 Å². The second kappa shape index (κ2) is 9.10. The number of nitrogens with zero attached hydrogens (tertiary/aromatic N) is 2. The van der Waals surface area contributed by atoms with Crippen LogP contribution in [0.25, 0.3) is 0 Å². The molecule has 2 heterocycles. The molecule has 0 N–H and O–H groups in total. The van der Waals surface area contributed by atoms with Crippen LogP contribution in [0.5, 0.6) is 0 Å². The summed E-state index contributed by atoms with van der Waals surface area (Å²) in [6, 6.07) is 22.6. The quantitative estimate of drug-likeness (QED) is 0.586. The third-order valence-corrected chi connectivity index (χ3v) is 5.74. The number of piperidine rings is 1. The van der Waals surface area contributed by atoms with Gasteiger partial charge in [-0.05, 0) is 54.7 Å². The van der Waals surface area contributed by atoms with Crippen LogP contribution in [0.1, 0.15) is 41.4 Å². The molecule has 0 atom stereocenters. The van der Waals surface area contributed by atoms with E-state index < -0.39 is 0 Å². The molecule has 3 aromatic rings. The van der Waals surface area contributed by atoms with Gasteiger partial charge in [0, 0.05) is 31.4 Å². The molecule has 1 aromatic heterocycles. The molecular formula is C25H28N2O2. The summed E-state index contributed by atoms with van der Waals surface area (Å²) in [5.41, 5.74) is 3.56. The van der Waals surface area contributed by atoms with Gasteiger partial charge in [-0.15, -0.1) is 0 Å². The number of amides is 1. The van der Waals surface area contributed by atoms with Crippen molar-refractivity contribution in [3.8, 4) is 0 Å². The van der Waals surface area contributed by atoms with Gasteiger partial charge in [-0.2, -0.15) is 0 Å². The third-order valence-electron chi connectivity index (χ3n) is 5.74. The van der Waals surface area contributed by atoms with E-state index in [0.29, 0.717) is 5.76 Å². The highest BCUT2D eigenvalue weighted by Gasteiger charge is 2.31. The first-order chi connectivity index (χ1) is 14.2. The molecule has 4 rings (SSSR count). The SMILES string of the molecule is CCc1ccc(N(C(=O)c2ccco2)C2CCN(Cc3ccccc3)CC2)cc1. The Morgan fingerprint density at radius 1 is 0.966 bits per heavy atom. The first-order valence-electron chi connectivity index (χ1n) is 10.5. The molecule has 0 spiro atoms. The highest BCUT2D eigenvalue weighted by atomic mass is 16.3. The van der Waals surface area contributed by atoms with Gasteiger partial charge in [0.05, 0.1) is 6.26 Å². The Kier molecular flexibility index (Phi) is 6.11. The maximum absolute atomic E-state index is 13.3. The average Bonchev–Trinajstić information content (AvgIpc) is 3.31. The number of anilines is 1. The zero-order valence-electron chi connectivity index (χ0n) is 17.0. The Balaban J connectivity index is 1.50. The Morgan fingerprint density at radius 2 is 1.69 bits per heavy atom. The van der Waals surface area contributed by atoms with Gasteiger partial charge >= 0.3 is 0 Å². The zero-order chi connectivity index (χ0) is 20.1. The summed E-state index contributed by atoms with van der Waals surface area (Å²) in [6.07, 6.45) is 4.46. The first-order valence-corrected chi connectivity index (χ1v) is 10.5. The first kappa shape index (κ1) is 19.5. The fraction of sp³-hybridized carbons (Fsp3) is 0.320. The van der Waals surface area contributed by atoms with Crippen molar-refractivity contribution in [2.75, 3.05) is 18.0 Å². The van der Waals surface area contributed by atoms with Crippen LogP contribution < -0.4 is 4.90 Å². The minimum atomic E-state index is -0.0549. The molecule has 150 valence electrons. The molecular weight excluding hydrogens is 360 g/mol. The number of benzene rings is 2. The van der Waals surface area contributed by atoms with Crippen molar-refractivity contribution >= 4 is 11.6 Å². The molecule has 4 heteroatoms. The summed E-state index contributed by atoms with van der Waals surface area (Å²) in [5, 5.41) is 0. The van der Waals surface area contributed by atoms with E-state index in [4.69, 9.17) is 4.42 Å². The van der Waals surface area contributed by atoms with Crippen molar-refractivity contribution in [2.45, 2.75) is 38.8 Å². The number of rotatable bonds is 6. The predicted molar refractivity (Wildman–Crippen MR) is 116 cm³/mol. The average molecular weight is 389 g/mol. The Morgan fingerprint density at radius 3 is 2.31 bits per heavy atom. The van der Waals surface area contributed by atoms with Crippen molar-refractivity contribution in [1.29, 1.82) is 0 Å². The minimum absolute atomic E-state index is 0.0549. The van der Waals surface area contributed by atoms with E-state index in [1.807, 2.05) is 4.90 Å². The molecule has 0 radical (unpaired) electrons. The lowest BCUT2D eigenvalue weighted by atomic mass is 10.0. The number of hydrogen-bond acceptors (Lipinski definition) is 3. The fourth-order valence-corrected chi connectivity index (χ4v) is 4.08. The van der Waals surface area contributed by atoms with Crippen LogP contribution in [-0.4, -0.2) is 29.9 Å². The van der Waals surface area contributed by atoms with Crippen LogP contribution in [0, 0.1) is 0 Å². The summed E-state index contributed by atoms with van der Waals surface area (Å²) in [6.45, 7) is 5.07. The summed E-state index contributed by atoms with van der Waals surface area (Å²) >= 11 is 0. The lowest BCUT2D eigenvalue weighted by Crippen LogP contribution is -2.47. The van der Waals surface area contributed by atoms with E-state index in [-0.39, 0.29) is 11.9 Å². The lowest BCUT2D eigenvalue weighted by molar-refractivity contribution is 0.0931. The molecule has 1 fully saturated rings. The molecule has 1 amide bonds. The van der Waals surface area contributed by atoms with Gasteiger partial charge in [0.15, 0.2) is 5.76 Å². The molecule has 0 unspecified atom stereocenters. The van der Waals surface area contributed by atoms with Crippen LogP contribution in [0.4, 0.5) is 5.69 Å². The van der Waals surface area contributed by atoms with Gasteiger partial charge in [0.1, 0.15) is 0 Å². The van der Waals surface area contributed by atoms with Crippen LogP contribution >= 0.6 is 0 Å². The topological polar surface area (TPSA) is 36.7 Å². The molecule has 1 aliphatic rings. The van der Waals surface area contributed by atoms with Gasteiger partial charge in [-0.3, -0.25) is 9.69 Å². The minimum Gasteiger partial charge on any atom is -0.459 e. The Labute approximate surface area is 172 Å². The molecule has 4 nitrogen and oxygen atoms in total. The molecule has 1 aliphatic heterocycles. The number of carbonyl (C=O) groups is 1. The number of aryl methyl sites for hydroxylation is 1. The highest BCUT2D eigenvalue weighted by molar-refractivity contribution is 6.04. The number of likely N-dealkylation sites (tertiary alicyclic amines) is 1. The van der Waals surface area contributed by atoms with Crippen molar-refractivity contribution in [3.63, 3.8) is 0 Å². The number of hydrogen-bond donors (Lipinski definition) is 0. The monoisotopic (exact) mass is 388 g/mol. The fourth-order valence-electron chi connectivity index (χ4n) is 4.08. The summed E-state index contributed by atoms with van der Waals surface area (Å²) in [4.78, 5) is 17.7. The molecule has 0 aliphatic carbocycles. The Bertz CT molecular complexity index is 896. The van der Waals surface area contributed by atoms with Gasteiger partial charge in [-0.25, -0.2) is 0 Å². The lowest BCUT2D eigenvalue weighted by Gasteiger charge is -2.38. The third kappa shape index (κ3) is 4.60. The number of carbonyl (C=O) groups excluding carboxylic acids is 1. The predicted octanol–water partition coefficient (Wildman–Crippen LogP) is 5.15. The van der Waals surface area contributed by atoms with E-state index in [0.717, 1.165) is 44.6 Å². The maximum Gasteiger partial charge on any atom is 0.294 e. The van der Waals surface area contributed by atoms with Crippen molar-refractivity contribution < 1.29 is 9.21 Å². The van der Waals surface area contributed by atoms with E-state index in [2.05, 4.69) is 66.4 Å². The van der Waals surface area contributed by atoms with Crippen LogP contribution in [0.15, 0.2) is 77.4 Å². The largest absolute Gasteiger partial charge is 0.459 e. The zero-order valence-corrected chi connectivity index (χ0v) is 17.0. The molecule has 2 aromatic carbocycles. The summed E-state index contributed by atoms with van der Waals surface area (Å²) in [5.74, 6) is 0.344. The summed E-state index contributed by atoms with van der Waals surface area (Å²) in [7, 11) is 0. The van der Waals surface area contributed by atoms with E-state index in [9.17, 15) is 4.79 Å². The summed E-state index contributed by atoms with van der Waals surface area (Å²) < 4.78 is 5.43. The second-order valence-corrected chi connectivity index (χ2v) is 7.67. The maximum atomic E-state index is 13.3. The standard InChI is InChI=1S/C25H28N2O2/c1-2-20-10-12-22(13-11-20)27(25(28)24-9-6-18-29-24)23-14-16-26(17-15-23)19-21-7-4-3-5-8-21/h3-13,18,23H,2,14-17,19H2,1H3. The van der Waals surface area contributed by atoms with Crippen LogP contribution in [-0.2, 0) is 13.0 Å². The van der Waals surface area contributed by atoms with Crippen molar-refractivity contribution in [2.24, 2.45) is 0 Å². The van der Waals surface area contributed by atoms with E-state index >= 15 is 0 Å². The van der Waals surface area contributed by atoms with E-state index in [1.54, 1.807) is 18.4 Å². The van der Waals surface area contributed by atoms with Crippen molar-refractivity contribution in [3.05, 3.63) is 89.9 Å². The van der Waals surface area contributed by atoms with Gasteiger partial charge < -0.3 is 9.32 Å². The van der Waals surface area contributed by atoms with Gasteiger partial charge in [-0.1, -0.05) is 49.4 Å². The Hall–Kier alpha value is -2.85. The normalized spacial score (nSPS) is 15.3. The van der Waals surface area contributed by atoms with Crippen LogP contribution in [0.2, 0.25) is 0 Å². The second-order valence-electron chi connectivity index (χ2n) is 7.67. The van der Waals surface area contributed by atoms with Gasteiger partial charge in [0.25, 0.3) is 5.91 Å². The molecule has 1 saturated heterocycles. The van der Waals surface area contributed by atoms with Crippen molar-refractivity contribution in [1.82, 2.24) is 4.90 Å². The number of furan rings is 1. The smallest absolute Gasteiger partial charge is 0.294 e. The van der Waals surface area contributed by atoms with Gasteiger partial charge in [0.2, 0.25) is 0 Å². The molecule has 0 bridgehead atoms. The molecule has 29 heavy (non-hydrogen) atoms. The molecule has 0 saturated carbocycles.